The molecule has 8 nitrogen and oxygen atoms in total. The topological polar surface area (TPSA) is 111 Å². The van der Waals surface area contributed by atoms with Crippen LogP contribution in [0.2, 0.25) is 0 Å². The molecular weight excluding hydrogens is 394 g/mol. The Morgan fingerprint density at radius 2 is 2.10 bits per heavy atom. The van der Waals surface area contributed by atoms with Gasteiger partial charge in [0, 0.05) is 29.0 Å². The molecule has 9 heteroatoms. The number of carbonyl (C=O) groups excluding carboxylic acids is 2. The Hall–Kier alpha value is -3.59. The fourth-order valence-corrected chi connectivity index (χ4v) is 3.82. The molecule has 1 amide bonds. The van der Waals surface area contributed by atoms with Gasteiger partial charge in [0.05, 0.1) is 16.2 Å². The molecule has 3 aromatic rings. The second-order valence-electron chi connectivity index (χ2n) is 6.54. The van der Waals surface area contributed by atoms with Crippen LogP contribution in [0.25, 0.3) is 11.3 Å². The first-order chi connectivity index (χ1) is 13.9. The van der Waals surface area contributed by atoms with Crippen molar-refractivity contribution < 1.29 is 19.2 Å². The molecule has 0 fully saturated rings. The first kappa shape index (κ1) is 18.8. The average Bonchev–Trinajstić information content (AvgIpc) is 3.16. The van der Waals surface area contributed by atoms with E-state index in [0.717, 1.165) is 5.56 Å². The second kappa shape index (κ2) is 7.44. The molecule has 1 aliphatic heterocycles. The van der Waals surface area contributed by atoms with Crippen LogP contribution in [0.1, 0.15) is 21.5 Å². The molecule has 0 spiro atoms. The van der Waals surface area contributed by atoms with Crippen molar-refractivity contribution in [3.63, 3.8) is 0 Å². The van der Waals surface area contributed by atoms with Gasteiger partial charge in [-0.05, 0) is 18.6 Å². The summed E-state index contributed by atoms with van der Waals surface area (Å²) in [5.74, 6) is -0.998. The molecule has 4 rings (SSSR count). The van der Waals surface area contributed by atoms with E-state index in [1.807, 2.05) is 0 Å². The number of esters is 1. The molecule has 29 heavy (non-hydrogen) atoms. The van der Waals surface area contributed by atoms with Crippen molar-refractivity contribution in [3.05, 3.63) is 74.6 Å². The Kier molecular flexibility index (Phi) is 4.81. The van der Waals surface area contributed by atoms with Crippen LogP contribution in [0.15, 0.2) is 47.8 Å². The molecule has 1 unspecified atom stereocenters. The summed E-state index contributed by atoms with van der Waals surface area (Å²) < 4.78 is 5.24. The third-order valence-electron chi connectivity index (χ3n) is 4.62. The van der Waals surface area contributed by atoms with Crippen molar-refractivity contribution >= 4 is 34.0 Å². The number of fused-ring (bicyclic) bond motifs is 1. The molecule has 1 aromatic heterocycles. The summed E-state index contributed by atoms with van der Waals surface area (Å²) in [6, 6.07) is 11.9. The molecule has 1 N–H and O–H groups in total. The lowest BCUT2D eigenvalue weighted by atomic mass is 9.98. The van der Waals surface area contributed by atoms with Gasteiger partial charge in [-0.2, -0.15) is 0 Å². The maximum Gasteiger partial charge on any atom is 0.339 e. The highest BCUT2D eigenvalue weighted by Crippen LogP contribution is 2.30. The van der Waals surface area contributed by atoms with Gasteiger partial charge in [-0.1, -0.05) is 30.3 Å². The Morgan fingerprint density at radius 1 is 1.31 bits per heavy atom. The lowest BCUT2D eigenvalue weighted by Crippen LogP contribution is -2.37. The fourth-order valence-electron chi connectivity index (χ4n) is 3.09. The highest BCUT2D eigenvalue weighted by atomic mass is 32.1. The van der Waals surface area contributed by atoms with E-state index in [-0.39, 0.29) is 12.1 Å². The Balaban J connectivity index is 1.50. The highest BCUT2D eigenvalue weighted by Gasteiger charge is 2.31. The summed E-state index contributed by atoms with van der Waals surface area (Å²) in [6.07, 6.45) is -0.652. The average molecular weight is 409 g/mol. The lowest BCUT2D eigenvalue weighted by molar-refractivity contribution is -0.385. The van der Waals surface area contributed by atoms with E-state index in [1.54, 1.807) is 48.7 Å². The number of nitro benzene ring substituents is 1. The predicted molar refractivity (Wildman–Crippen MR) is 107 cm³/mol. The van der Waals surface area contributed by atoms with Gasteiger partial charge in [-0.3, -0.25) is 20.2 Å². The normalized spacial score (nSPS) is 15.3. The van der Waals surface area contributed by atoms with E-state index >= 15 is 0 Å². The third-order valence-corrected chi connectivity index (χ3v) is 5.38. The van der Waals surface area contributed by atoms with Gasteiger partial charge >= 0.3 is 5.97 Å². The molecule has 1 atom stereocenters. The summed E-state index contributed by atoms with van der Waals surface area (Å²) in [6.45, 7) is 1.66. The molecule has 2 heterocycles. The molecule has 146 valence electrons. The van der Waals surface area contributed by atoms with Gasteiger partial charge in [0.1, 0.15) is 0 Å². The van der Waals surface area contributed by atoms with E-state index < -0.39 is 22.9 Å². The zero-order valence-corrected chi connectivity index (χ0v) is 16.1. The number of amides is 1. The number of cyclic esters (lactones) is 1. The van der Waals surface area contributed by atoms with Crippen molar-refractivity contribution in [2.45, 2.75) is 19.4 Å². The SMILES string of the molecule is Cc1ccc(-c2csc(NC(=O)C3Cc4ccccc4C(=O)O3)n2)cc1[N+](=O)[O-]. The predicted octanol–water partition coefficient (Wildman–Crippen LogP) is 3.75. The Labute approximate surface area is 169 Å². The first-order valence-corrected chi connectivity index (χ1v) is 9.61. The number of nitrogens with one attached hydrogen (secondary N) is 1. The fraction of sp³-hybridized carbons (Fsp3) is 0.150. The monoisotopic (exact) mass is 409 g/mol. The molecule has 0 saturated heterocycles. The molecule has 1 aliphatic rings. The molecular formula is C20H15N3O5S. The van der Waals surface area contributed by atoms with Gasteiger partial charge < -0.3 is 4.74 Å². The van der Waals surface area contributed by atoms with E-state index in [4.69, 9.17) is 4.74 Å². The summed E-state index contributed by atoms with van der Waals surface area (Å²) in [4.78, 5) is 39.7. The van der Waals surface area contributed by atoms with Crippen LogP contribution in [0.4, 0.5) is 10.8 Å². The number of aryl methyl sites for hydroxylation is 1. The standard InChI is InChI=1S/C20H15N3O5S/c1-11-6-7-13(8-16(11)23(26)27)15-10-29-20(21-15)22-18(24)17-9-12-4-2-3-5-14(12)19(25)28-17/h2-8,10,17H,9H2,1H3,(H,21,22,24). The number of benzene rings is 2. The number of nitrogens with zero attached hydrogens (tertiary/aromatic N) is 2. The highest BCUT2D eigenvalue weighted by molar-refractivity contribution is 7.14. The third kappa shape index (κ3) is 3.72. The van der Waals surface area contributed by atoms with Crippen LogP contribution in [0.5, 0.6) is 0 Å². The van der Waals surface area contributed by atoms with E-state index in [1.165, 1.54) is 17.4 Å². The van der Waals surface area contributed by atoms with Crippen LogP contribution in [0.3, 0.4) is 0 Å². The van der Waals surface area contributed by atoms with Gasteiger partial charge in [0.25, 0.3) is 11.6 Å². The van der Waals surface area contributed by atoms with Crippen LogP contribution in [-0.4, -0.2) is 27.9 Å². The van der Waals surface area contributed by atoms with Gasteiger partial charge in [-0.25, -0.2) is 9.78 Å². The minimum atomic E-state index is -0.940. The van der Waals surface area contributed by atoms with E-state index in [2.05, 4.69) is 10.3 Å². The quantitative estimate of drug-likeness (QED) is 0.399. The van der Waals surface area contributed by atoms with Crippen LogP contribution >= 0.6 is 11.3 Å². The maximum atomic E-state index is 12.5. The van der Waals surface area contributed by atoms with Crippen LogP contribution in [-0.2, 0) is 16.0 Å². The second-order valence-corrected chi connectivity index (χ2v) is 7.40. The summed E-state index contributed by atoms with van der Waals surface area (Å²) >= 11 is 1.19. The minimum Gasteiger partial charge on any atom is -0.448 e. The van der Waals surface area contributed by atoms with Crippen molar-refractivity contribution in [2.24, 2.45) is 0 Å². The molecule has 0 bridgehead atoms. The number of ether oxygens (including phenoxy) is 1. The van der Waals surface area contributed by atoms with Crippen molar-refractivity contribution in [2.75, 3.05) is 5.32 Å². The van der Waals surface area contributed by atoms with Crippen molar-refractivity contribution in [1.29, 1.82) is 0 Å². The summed E-state index contributed by atoms with van der Waals surface area (Å²) in [5, 5.41) is 15.8. The van der Waals surface area contributed by atoms with Crippen LogP contribution in [0, 0.1) is 17.0 Å². The smallest absolute Gasteiger partial charge is 0.339 e. The Bertz CT molecular complexity index is 1140. The summed E-state index contributed by atoms with van der Waals surface area (Å²) in [5.41, 5.74) is 2.89. The number of hydrogen-bond donors (Lipinski definition) is 1. The number of rotatable bonds is 4. The number of aromatic nitrogens is 1. The lowest BCUT2D eigenvalue weighted by Gasteiger charge is -2.23. The van der Waals surface area contributed by atoms with Crippen molar-refractivity contribution in [3.8, 4) is 11.3 Å². The first-order valence-electron chi connectivity index (χ1n) is 8.73. The van der Waals surface area contributed by atoms with Gasteiger partial charge in [-0.15, -0.1) is 11.3 Å². The van der Waals surface area contributed by atoms with Gasteiger partial charge in [0.2, 0.25) is 0 Å². The summed E-state index contributed by atoms with van der Waals surface area (Å²) in [7, 11) is 0. The number of anilines is 1. The maximum absolute atomic E-state index is 12.5. The van der Waals surface area contributed by atoms with Crippen LogP contribution < -0.4 is 5.32 Å². The number of hydrogen-bond acceptors (Lipinski definition) is 7. The van der Waals surface area contributed by atoms with Crippen molar-refractivity contribution in [1.82, 2.24) is 4.98 Å². The molecule has 0 aliphatic carbocycles. The van der Waals surface area contributed by atoms with E-state index in [0.29, 0.717) is 27.5 Å². The molecule has 0 saturated carbocycles. The number of nitro groups is 1. The largest absolute Gasteiger partial charge is 0.448 e. The van der Waals surface area contributed by atoms with E-state index in [9.17, 15) is 19.7 Å². The molecule has 2 aromatic carbocycles. The molecule has 0 radical (unpaired) electrons. The Morgan fingerprint density at radius 3 is 2.90 bits per heavy atom. The number of thiazole rings is 1. The van der Waals surface area contributed by atoms with Gasteiger partial charge in [0.15, 0.2) is 11.2 Å². The number of carbonyl (C=O) groups is 2. The zero-order chi connectivity index (χ0) is 20.5. The zero-order valence-electron chi connectivity index (χ0n) is 15.2. The minimum absolute atomic E-state index is 0.00821.